The molecule has 0 aliphatic heterocycles. The summed E-state index contributed by atoms with van der Waals surface area (Å²) in [6.45, 7) is 2.42. The topological polar surface area (TPSA) is 59.8 Å². The number of carbonyl (C=O) groups is 1. The smallest absolute Gasteiger partial charge is 0.325 e. The summed E-state index contributed by atoms with van der Waals surface area (Å²) in [5, 5.41) is 11.3. The van der Waals surface area contributed by atoms with Crippen molar-refractivity contribution in [2.24, 2.45) is 0 Å². The van der Waals surface area contributed by atoms with Gasteiger partial charge in [-0.15, -0.1) is 10.2 Å². The van der Waals surface area contributed by atoms with Crippen LogP contribution < -0.4 is 5.32 Å². The number of amides is 1. The molecule has 3 aromatic rings. The van der Waals surface area contributed by atoms with Crippen LogP contribution in [0.1, 0.15) is 17.0 Å². The number of alkyl halides is 3. The average molecular weight is 406 g/mol. The second-order valence-electron chi connectivity index (χ2n) is 6.01. The maximum atomic E-state index is 12.6. The zero-order valence-corrected chi connectivity index (χ0v) is 15.7. The molecule has 1 amide bonds. The number of carbonyl (C=O) groups excluding carboxylic acids is 1. The number of halogens is 3. The molecule has 0 radical (unpaired) electrons. The van der Waals surface area contributed by atoms with Crippen LogP contribution in [0.2, 0.25) is 0 Å². The third-order valence-electron chi connectivity index (χ3n) is 3.91. The minimum Gasteiger partial charge on any atom is -0.325 e. The van der Waals surface area contributed by atoms with Crippen molar-refractivity contribution in [3.63, 3.8) is 0 Å². The Morgan fingerprint density at radius 1 is 1.07 bits per heavy atom. The van der Waals surface area contributed by atoms with Crippen molar-refractivity contribution in [3.05, 3.63) is 71.5 Å². The maximum absolute atomic E-state index is 12.6. The largest absolute Gasteiger partial charge is 0.416 e. The van der Waals surface area contributed by atoms with Crippen molar-refractivity contribution >= 4 is 23.4 Å². The first-order valence-corrected chi connectivity index (χ1v) is 9.35. The zero-order valence-electron chi connectivity index (χ0n) is 14.9. The molecule has 0 fully saturated rings. The van der Waals surface area contributed by atoms with E-state index in [0.29, 0.717) is 17.4 Å². The summed E-state index contributed by atoms with van der Waals surface area (Å²) >= 11 is 1.22. The number of nitrogens with one attached hydrogen (secondary N) is 1. The highest BCUT2D eigenvalue weighted by Gasteiger charge is 2.30. The Bertz CT molecular complexity index is 940. The Labute approximate surface area is 164 Å². The fourth-order valence-corrected chi connectivity index (χ4v) is 3.27. The summed E-state index contributed by atoms with van der Waals surface area (Å²) in [4.78, 5) is 12.1. The van der Waals surface area contributed by atoms with Gasteiger partial charge in [-0.2, -0.15) is 13.2 Å². The third kappa shape index (κ3) is 5.13. The molecule has 0 saturated carbocycles. The van der Waals surface area contributed by atoms with Crippen LogP contribution in [-0.4, -0.2) is 26.4 Å². The molecule has 0 unspecified atom stereocenters. The standard InChI is InChI=1S/C19H17F3N4OS/c1-13-24-25-18(26(13)11-14-5-3-2-4-6-14)28-12-17(27)23-16-9-7-15(8-10-16)19(20,21)22/h2-10H,11-12H2,1H3,(H,23,27). The summed E-state index contributed by atoms with van der Waals surface area (Å²) in [6, 6.07) is 14.1. The Hall–Kier alpha value is -2.81. The first kappa shape index (κ1) is 19.9. The summed E-state index contributed by atoms with van der Waals surface area (Å²) < 4.78 is 39.7. The van der Waals surface area contributed by atoms with E-state index in [1.165, 1.54) is 23.9 Å². The molecule has 28 heavy (non-hydrogen) atoms. The van der Waals surface area contributed by atoms with E-state index in [1.807, 2.05) is 41.8 Å². The first-order chi connectivity index (χ1) is 13.3. The van der Waals surface area contributed by atoms with Crippen molar-refractivity contribution in [3.8, 4) is 0 Å². The fraction of sp³-hybridized carbons (Fsp3) is 0.211. The van der Waals surface area contributed by atoms with E-state index in [1.54, 1.807) is 0 Å². The van der Waals surface area contributed by atoms with E-state index in [9.17, 15) is 18.0 Å². The number of aryl methyl sites for hydroxylation is 1. The van der Waals surface area contributed by atoms with E-state index in [-0.39, 0.29) is 11.7 Å². The lowest BCUT2D eigenvalue weighted by atomic mass is 10.2. The predicted octanol–water partition coefficient (Wildman–Crippen LogP) is 4.38. The van der Waals surface area contributed by atoms with Gasteiger partial charge in [-0.1, -0.05) is 42.1 Å². The number of nitrogens with zero attached hydrogens (tertiary/aromatic N) is 3. The molecule has 3 rings (SSSR count). The van der Waals surface area contributed by atoms with Crippen molar-refractivity contribution in [1.82, 2.24) is 14.8 Å². The van der Waals surface area contributed by atoms with Crippen molar-refractivity contribution in [2.75, 3.05) is 11.1 Å². The van der Waals surface area contributed by atoms with Gasteiger partial charge in [0.2, 0.25) is 5.91 Å². The second-order valence-corrected chi connectivity index (χ2v) is 6.96. The van der Waals surface area contributed by atoms with Gasteiger partial charge >= 0.3 is 6.18 Å². The van der Waals surface area contributed by atoms with Crippen molar-refractivity contribution < 1.29 is 18.0 Å². The van der Waals surface area contributed by atoms with E-state index >= 15 is 0 Å². The number of thioether (sulfide) groups is 1. The lowest BCUT2D eigenvalue weighted by molar-refractivity contribution is -0.137. The fourth-order valence-electron chi connectivity index (χ4n) is 2.49. The van der Waals surface area contributed by atoms with Crippen LogP contribution in [0.3, 0.4) is 0 Å². The zero-order chi connectivity index (χ0) is 20.1. The molecule has 0 aliphatic rings. The summed E-state index contributed by atoms with van der Waals surface area (Å²) in [5.41, 5.74) is 0.631. The van der Waals surface area contributed by atoms with Gasteiger partial charge in [-0.3, -0.25) is 4.79 Å². The van der Waals surface area contributed by atoms with Gasteiger partial charge < -0.3 is 9.88 Å². The predicted molar refractivity (Wildman–Crippen MR) is 101 cm³/mol. The SMILES string of the molecule is Cc1nnc(SCC(=O)Nc2ccc(C(F)(F)F)cc2)n1Cc1ccccc1. The van der Waals surface area contributed by atoms with Gasteiger partial charge in [0.1, 0.15) is 5.82 Å². The maximum Gasteiger partial charge on any atom is 0.416 e. The summed E-state index contributed by atoms with van der Waals surface area (Å²) in [5.74, 6) is 0.458. The quantitative estimate of drug-likeness (QED) is 0.617. The minimum absolute atomic E-state index is 0.0634. The van der Waals surface area contributed by atoms with Gasteiger partial charge in [0.15, 0.2) is 5.16 Å². The molecule has 1 aromatic heterocycles. The van der Waals surface area contributed by atoms with Gasteiger partial charge in [0.05, 0.1) is 17.9 Å². The number of aromatic nitrogens is 3. The van der Waals surface area contributed by atoms with Crippen LogP contribution in [0.4, 0.5) is 18.9 Å². The molecule has 1 N–H and O–H groups in total. The van der Waals surface area contributed by atoms with Gasteiger partial charge in [-0.05, 0) is 36.8 Å². The van der Waals surface area contributed by atoms with E-state index < -0.39 is 11.7 Å². The van der Waals surface area contributed by atoms with Crippen LogP contribution in [0, 0.1) is 6.92 Å². The highest BCUT2D eigenvalue weighted by molar-refractivity contribution is 7.99. The molecule has 0 bridgehead atoms. The number of hydrogen-bond donors (Lipinski definition) is 1. The van der Waals surface area contributed by atoms with Crippen LogP contribution in [0.25, 0.3) is 0 Å². The van der Waals surface area contributed by atoms with Gasteiger partial charge in [0.25, 0.3) is 0 Å². The molecule has 146 valence electrons. The number of rotatable bonds is 6. The molecule has 1 heterocycles. The highest BCUT2D eigenvalue weighted by Crippen LogP contribution is 2.29. The molecule has 0 spiro atoms. The second kappa shape index (κ2) is 8.47. The molecule has 0 aliphatic carbocycles. The summed E-state index contributed by atoms with van der Waals surface area (Å²) in [6.07, 6.45) is -4.40. The number of benzene rings is 2. The normalized spacial score (nSPS) is 11.4. The van der Waals surface area contributed by atoms with Gasteiger partial charge in [0, 0.05) is 5.69 Å². The van der Waals surface area contributed by atoms with Crippen molar-refractivity contribution in [2.45, 2.75) is 24.8 Å². The molecule has 0 atom stereocenters. The average Bonchev–Trinajstić information content (AvgIpc) is 3.00. The highest BCUT2D eigenvalue weighted by atomic mass is 32.2. The monoisotopic (exact) mass is 406 g/mol. The Morgan fingerprint density at radius 2 is 1.75 bits per heavy atom. The molecule has 5 nitrogen and oxygen atoms in total. The summed E-state index contributed by atoms with van der Waals surface area (Å²) in [7, 11) is 0. The van der Waals surface area contributed by atoms with Crippen LogP contribution in [0.5, 0.6) is 0 Å². The minimum atomic E-state index is -4.40. The molecule has 9 heteroatoms. The van der Waals surface area contributed by atoms with Crippen LogP contribution >= 0.6 is 11.8 Å². The first-order valence-electron chi connectivity index (χ1n) is 8.36. The van der Waals surface area contributed by atoms with Crippen LogP contribution in [0.15, 0.2) is 59.8 Å². The molecule has 0 saturated heterocycles. The van der Waals surface area contributed by atoms with E-state index in [0.717, 1.165) is 23.5 Å². The number of anilines is 1. The Balaban J connectivity index is 1.59. The molecular weight excluding hydrogens is 389 g/mol. The Morgan fingerprint density at radius 3 is 2.39 bits per heavy atom. The lowest BCUT2D eigenvalue weighted by Crippen LogP contribution is -2.15. The van der Waals surface area contributed by atoms with E-state index in [2.05, 4.69) is 15.5 Å². The third-order valence-corrected chi connectivity index (χ3v) is 4.88. The molecular formula is C19H17F3N4OS. The van der Waals surface area contributed by atoms with Gasteiger partial charge in [-0.25, -0.2) is 0 Å². The van der Waals surface area contributed by atoms with E-state index in [4.69, 9.17) is 0 Å². The molecule has 2 aromatic carbocycles. The lowest BCUT2D eigenvalue weighted by Gasteiger charge is -2.10. The van der Waals surface area contributed by atoms with Crippen LogP contribution in [-0.2, 0) is 17.5 Å². The van der Waals surface area contributed by atoms with Crippen molar-refractivity contribution in [1.29, 1.82) is 0 Å². The Kier molecular flexibility index (Phi) is 6.03. The number of hydrogen-bond acceptors (Lipinski definition) is 4.